The SMILES string of the molecule is CS(=O)(=O)NCC1CCN(c2ncnc3ccc(F)cc23)C1.Cc1ccc2ncnc(N3CCCC(CNS(=O)(=O)C4CCCCC4)C3)c2c1.[C-]#[N+]c1cc2c(N3CCCC(F)(CNS(C)(=O)=O)C3)ncnc2cc1F.[C-]#[N+]c1cc2ncnc(N3CCCC(CNS(C)(=O)=O)C3)c2cc1F. The van der Waals surface area contributed by atoms with Crippen molar-refractivity contribution in [1.82, 2.24) is 58.8 Å². The second-order valence-electron chi connectivity index (χ2n) is 26.5. The lowest BCUT2D eigenvalue weighted by Gasteiger charge is -2.38. The van der Waals surface area contributed by atoms with Crippen LogP contribution in [0.5, 0.6) is 0 Å². The van der Waals surface area contributed by atoms with Crippen LogP contribution in [0.4, 0.5) is 52.2 Å². The van der Waals surface area contributed by atoms with Gasteiger partial charge in [0.25, 0.3) is 0 Å². The molecule has 1 aliphatic carbocycles. The zero-order valence-corrected chi connectivity index (χ0v) is 59.8. The van der Waals surface area contributed by atoms with Gasteiger partial charge in [-0.25, -0.2) is 120 Å². The van der Waals surface area contributed by atoms with Crippen LogP contribution in [0.1, 0.15) is 82.6 Å². The molecule has 4 atom stereocenters. The Morgan fingerprint density at radius 2 is 0.921 bits per heavy atom. The van der Waals surface area contributed by atoms with Crippen LogP contribution in [-0.4, -0.2) is 182 Å². The average Bonchev–Trinajstić information content (AvgIpc) is 1.02. The van der Waals surface area contributed by atoms with Gasteiger partial charge in [-0.15, -0.1) is 0 Å². The summed E-state index contributed by atoms with van der Waals surface area (Å²) in [7, 11) is -13.1. The molecule has 0 bridgehead atoms. The molecule has 5 aliphatic rings. The molecule has 34 heteroatoms. The van der Waals surface area contributed by atoms with Crippen molar-refractivity contribution in [2.24, 2.45) is 17.8 Å². The molecule has 4 aromatic carbocycles. The van der Waals surface area contributed by atoms with E-state index in [0.29, 0.717) is 102 Å². The van der Waals surface area contributed by atoms with Crippen molar-refractivity contribution in [3.63, 3.8) is 0 Å². The zero-order chi connectivity index (χ0) is 72.3. The largest absolute Gasteiger partial charge is 0.356 e. The number of sulfonamides is 4. The molecule has 13 rings (SSSR count). The van der Waals surface area contributed by atoms with E-state index in [1.807, 2.05) is 11.0 Å². The standard InChI is InChI=1S/C21H30N4O2S.C16H17F2N5O2S.C16H18FN5O2S.C14H17FN4O2S/c1-16-9-10-20-19(12-16)21(23-15-22-20)25-11-5-6-17(14-25)13-24-28(26,27)18-7-3-2-4-8-18;1-19-14-6-11-13(7-12(14)17)20-10-21-15(11)23-5-3-4-16(18,9-23)8-22-26(2,24)25;1-18-15-7-14-12(6-13(15)17)16(20-10-19-14)22-5-3-4-11(9-22)8-21-25(2,23)24;1-22(20,21)18-7-10-4-5-19(8-10)14-12-6-11(15)2-3-13(12)16-9-17-14/h9-10,12,15,17-18,24H,2-8,11,13-14H2,1H3;6-7,10,22H,3-5,8-9H2,2H3;6-7,10-11,21H,3-5,8-9H2,2H3;2-3,6,9-10,18H,4-5,7-8H2,1H3. The Kier molecular flexibility index (Phi) is 24.5. The van der Waals surface area contributed by atoms with Crippen LogP contribution in [0.15, 0.2) is 86.0 Å². The first-order chi connectivity index (χ1) is 48.0. The monoisotopic (exact) mass is 1470 g/mol. The number of nitrogens with zero attached hydrogens (tertiary/aromatic N) is 14. The summed E-state index contributed by atoms with van der Waals surface area (Å²) in [5, 5.41) is 2.57. The minimum atomic E-state index is -3.50. The van der Waals surface area contributed by atoms with E-state index in [9.17, 15) is 46.8 Å². The second-order valence-corrected chi connectivity index (χ2v) is 34.1. The molecule has 8 heterocycles. The Labute approximate surface area is 586 Å². The highest BCUT2D eigenvalue weighted by Gasteiger charge is 2.38. The van der Waals surface area contributed by atoms with E-state index in [2.05, 4.69) is 97.3 Å². The van der Waals surface area contributed by atoms with Gasteiger partial charge in [-0.05, 0) is 137 Å². The number of hydrogen-bond donors (Lipinski definition) is 4. The van der Waals surface area contributed by atoms with E-state index in [4.69, 9.17) is 13.1 Å². The van der Waals surface area contributed by atoms with Crippen LogP contribution in [0, 0.1) is 55.3 Å². The first-order valence-corrected chi connectivity index (χ1v) is 40.5. The second kappa shape index (κ2) is 32.8. The summed E-state index contributed by atoms with van der Waals surface area (Å²) in [5.41, 5.74) is 1.72. The number of aromatic nitrogens is 8. The van der Waals surface area contributed by atoms with Gasteiger partial charge in [0.2, 0.25) is 51.5 Å². The smallest absolute Gasteiger partial charge is 0.224 e. The number of anilines is 4. The maximum Gasteiger partial charge on any atom is 0.224 e. The van der Waals surface area contributed by atoms with Crippen molar-refractivity contribution in [2.45, 2.75) is 94.9 Å². The third-order valence-corrected chi connectivity index (χ3v) is 22.5. The minimum absolute atomic E-state index is 0.0631. The molecule has 0 radical (unpaired) electrons. The van der Waals surface area contributed by atoms with E-state index in [1.54, 1.807) is 17.3 Å². The topological polar surface area (TPSA) is 309 Å². The van der Waals surface area contributed by atoms with E-state index >= 15 is 4.39 Å². The Morgan fingerprint density at radius 1 is 0.475 bits per heavy atom. The van der Waals surface area contributed by atoms with Crippen LogP contribution in [0.2, 0.25) is 0 Å². The van der Waals surface area contributed by atoms with E-state index in [-0.39, 0.29) is 53.8 Å². The number of nitrogens with one attached hydrogen (secondary N) is 4. The van der Waals surface area contributed by atoms with Gasteiger partial charge in [-0.3, -0.25) is 0 Å². The number of piperidine rings is 3. The predicted octanol–water partition coefficient (Wildman–Crippen LogP) is 8.81. The van der Waals surface area contributed by atoms with Gasteiger partial charge >= 0.3 is 0 Å². The highest BCUT2D eigenvalue weighted by molar-refractivity contribution is 7.90. The summed E-state index contributed by atoms with van der Waals surface area (Å²) in [5.74, 6) is 1.78. The molecule has 1 saturated carbocycles. The summed E-state index contributed by atoms with van der Waals surface area (Å²) in [4.78, 5) is 48.4. The number of aryl methyl sites for hydroxylation is 1. The number of benzene rings is 4. The highest BCUT2D eigenvalue weighted by Crippen LogP contribution is 2.37. The number of fused-ring (bicyclic) bond motifs is 4. The summed E-state index contributed by atoms with van der Waals surface area (Å²) in [6, 6.07) is 15.9. The van der Waals surface area contributed by atoms with Gasteiger partial charge < -0.3 is 19.6 Å². The van der Waals surface area contributed by atoms with Gasteiger partial charge in [0.1, 0.15) is 71.7 Å². The number of halogens is 4. The number of rotatable bonds is 17. The highest BCUT2D eigenvalue weighted by atomic mass is 32.2. The van der Waals surface area contributed by atoms with Crippen LogP contribution in [-0.2, 0) is 40.1 Å². The maximum atomic E-state index is 15.1. The van der Waals surface area contributed by atoms with Crippen LogP contribution < -0.4 is 38.5 Å². The van der Waals surface area contributed by atoms with Crippen LogP contribution in [0.25, 0.3) is 53.3 Å². The van der Waals surface area contributed by atoms with E-state index < -0.39 is 57.4 Å². The molecular formula is C67H82F4N18O8S4. The molecule has 4 aromatic heterocycles. The normalized spacial score (nSPS) is 20.1. The van der Waals surface area contributed by atoms with Crippen LogP contribution in [0.3, 0.4) is 0 Å². The lowest BCUT2D eigenvalue weighted by atomic mass is 9.94. The first-order valence-electron chi connectivity index (χ1n) is 33.3. The maximum absolute atomic E-state index is 15.1. The Hall–Kier alpha value is -8.22. The minimum Gasteiger partial charge on any atom is -0.356 e. The molecule has 0 spiro atoms. The summed E-state index contributed by atoms with van der Waals surface area (Å²) < 4.78 is 159. The van der Waals surface area contributed by atoms with Gasteiger partial charge in [0, 0.05) is 93.5 Å². The lowest BCUT2D eigenvalue weighted by Crippen LogP contribution is -2.51. The van der Waals surface area contributed by atoms with Crippen LogP contribution >= 0.6 is 0 Å². The molecule has 4 N–H and O–H groups in total. The summed E-state index contributed by atoms with van der Waals surface area (Å²) in [6.45, 7) is 22.2. The van der Waals surface area contributed by atoms with Crippen molar-refractivity contribution in [1.29, 1.82) is 0 Å². The van der Waals surface area contributed by atoms with Crippen molar-refractivity contribution in [2.75, 3.05) is 117 Å². The third-order valence-electron chi connectivity index (χ3n) is 18.5. The lowest BCUT2D eigenvalue weighted by molar-refractivity contribution is 0.141. The average molecular weight is 1470 g/mol. The Morgan fingerprint density at radius 3 is 1.48 bits per heavy atom. The zero-order valence-electron chi connectivity index (χ0n) is 56.5. The predicted molar refractivity (Wildman–Crippen MR) is 383 cm³/mol. The fourth-order valence-electron chi connectivity index (χ4n) is 13.4. The van der Waals surface area contributed by atoms with Gasteiger partial charge in [-0.2, -0.15) is 0 Å². The molecule has 4 saturated heterocycles. The summed E-state index contributed by atoms with van der Waals surface area (Å²) in [6.07, 6.45) is 19.4. The van der Waals surface area contributed by atoms with Gasteiger partial charge in [0.05, 0.1) is 65.8 Å². The Bertz CT molecular complexity index is 4870. The Balaban J connectivity index is 0.000000146. The van der Waals surface area contributed by atoms with Crippen molar-refractivity contribution < 1.29 is 51.2 Å². The van der Waals surface area contributed by atoms with E-state index in [1.165, 1.54) is 54.9 Å². The molecule has 5 fully saturated rings. The van der Waals surface area contributed by atoms with Crippen molar-refractivity contribution >= 4 is 118 Å². The fraction of sp³-hybridized carbons (Fsp3) is 0.493. The molecule has 540 valence electrons. The molecule has 0 amide bonds. The molecule has 4 unspecified atom stereocenters. The van der Waals surface area contributed by atoms with Crippen molar-refractivity contribution in [3.8, 4) is 0 Å². The molecule has 4 aliphatic heterocycles. The summed E-state index contributed by atoms with van der Waals surface area (Å²) >= 11 is 0. The fourth-order valence-corrected chi connectivity index (χ4v) is 16.7. The molecular weight excluding hydrogens is 1390 g/mol. The van der Waals surface area contributed by atoms with Gasteiger partial charge in [0.15, 0.2) is 0 Å². The number of hydrogen-bond acceptors (Lipinski definition) is 20. The molecule has 8 aromatic rings. The third kappa shape index (κ3) is 20.5. The first kappa shape index (κ1) is 75.4. The molecule has 101 heavy (non-hydrogen) atoms. The van der Waals surface area contributed by atoms with E-state index in [0.717, 1.165) is 132 Å². The van der Waals surface area contributed by atoms with Gasteiger partial charge in [-0.1, -0.05) is 30.9 Å². The quantitative estimate of drug-likeness (QED) is 0.0488. The number of alkyl halides is 1. The van der Waals surface area contributed by atoms with Crippen molar-refractivity contribution in [3.05, 3.63) is 132 Å². The molecule has 26 nitrogen and oxygen atoms in total.